The van der Waals surface area contributed by atoms with Gasteiger partial charge in [0.1, 0.15) is 5.82 Å². The monoisotopic (exact) mass is 263 g/mol. The number of carbonyl (C=O) groups excluding carboxylic acids is 2. The van der Waals surface area contributed by atoms with Gasteiger partial charge in [0.25, 0.3) is 0 Å². The highest BCUT2D eigenvalue weighted by molar-refractivity contribution is 6.02. The van der Waals surface area contributed by atoms with Crippen LogP contribution in [0.1, 0.15) is 43.0 Å². The van der Waals surface area contributed by atoms with E-state index in [-0.39, 0.29) is 17.5 Å². The van der Waals surface area contributed by atoms with Gasteiger partial charge in [0.05, 0.1) is 6.04 Å². The Kier molecular flexibility index (Phi) is 4.30. The number of amides is 1. The molecule has 0 N–H and O–H groups in total. The van der Waals surface area contributed by atoms with Gasteiger partial charge in [0.15, 0.2) is 5.78 Å². The number of Topliss-reactive ketones (excluding diaryl/α,β-unsaturated/α-hetero) is 1. The molecule has 1 aliphatic rings. The number of ketones is 1. The molecule has 1 aromatic carbocycles. The van der Waals surface area contributed by atoms with E-state index in [9.17, 15) is 14.0 Å². The first-order valence-electron chi connectivity index (χ1n) is 6.72. The van der Waals surface area contributed by atoms with E-state index in [1.807, 2.05) is 6.92 Å². The van der Waals surface area contributed by atoms with E-state index < -0.39 is 6.04 Å². The quantitative estimate of drug-likeness (QED) is 0.766. The average Bonchev–Trinajstić information content (AvgIpc) is 2.82. The first kappa shape index (κ1) is 13.7. The minimum atomic E-state index is -0.398. The second-order valence-electron chi connectivity index (χ2n) is 4.87. The second kappa shape index (κ2) is 5.95. The number of rotatable bonds is 5. The van der Waals surface area contributed by atoms with Crippen LogP contribution < -0.4 is 0 Å². The smallest absolute Gasteiger partial charge is 0.223 e. The minimum Gasteiger partial charge on any atom is -0.332 e. The van der Waals surface area contributed by atoms with Crippen molar-refractivity contribution in [3.05, 3.63) is 35.6 Å². The first-order valence-corrected chi connectivity index (χ1v) is 6.72. The fourth-order valence-electron chi connectivity index (χ4n) is 2.51. The number of hydrogen-bond acceptors (Lipinski definition) is 2. The zero-order valence-electron chi connectivity index (χ0n) is 11.1. The maximum atomic E-state index is 12.9. The highest BCUT2D eigenvalue weighted by Gasteiger charge is 2.32. The van der Waals surface area contributed by atoms with Crippen molar-refractivity contribution in [2.24, 2.45) is 0 Å². The van der Waals surface area contributed by atoms with Gasteiger partial charge in [0, 0.05) is 18.5 Å². The Morgan fingerprint density at radius 3 is 2.58 bits per heavy atom. The molecular weight excluding hydrogens is 245 g/mol. The van der Waals surface area contributed by atoms with E-state index in [0.717, 1.165) is 12.8 Å². The zero-order valence-corrected chi connectivity index (χ0v) is 11.1. The molecule has 4 heteroatoms. The van der Waals surface area contributed by atoms with Gasteiger partial charge in [-0.05, 0) is 37.1 Å². The van der Waals surface area contributed by atoms with Crippen molar-refractivity contribution in [3.63, 3.8) is 0 Å². The van der Waals surface area contributed by atoms with Crippen LogP contribution in [0.25, 0.3) is 0 Å². The highest BCUT2D eigenvalue weighted by Crippen LogP contribution is 2.20. The predicted octanol–water partition coefficient (Wildman–Crippen LogP) is 2.80. The molecule has 1 fully saturated rings. The lowest BCUT2D eigenvalue weighted by Gasteiger charge is -2.26. The second-order valence-corrected chi connectivity index (χ2v) is 4.87. The van der Waals surface area contributed by atoms with Gasteiger partial charge < -0.3 is 4.90 Å². The van der Waals surface area contributed by atoms with Crippen LogP contribution in [0.2, 0.25) is 0 Å². The molecule has 1 aliphatic heterocycles. The van der Waals surface area contributed by atoms with Crippen molar-refractivity contribution < 1.29 is 14.0 Å². The Bertz CT molecular complexity index is 470. The van der Waals surface area contributed by atoms with E-state index >= 15 is 0 Å². The number of halogens is 1. The summed E-state index contributed by atoms with van der Waals surface area (Å²) >= 11 is 0. The van der Waals surface area contributed by atoms with E-state index in [4.69, 9.17) is 0 Å². The summed E-state index contributed by atoms with van der Waals surface area (Å²) in [5, 5.41) is 0. The van der Waals surface area contributed by atoms with Crippen LogP contribution in [-0.4, -0.2) is 29.2 Å². The van der Waals surface area contributed by atoms with E-state index in [2.05, 4.69) is 0 Å². The van der Waals surface area contributed by atoms with Crippen LogP contribution in [-0.2, 0) is 4.79 Å². The number of benzene rings is 1. The molecule has 2 rings (SSSR count). The van der Waals surface area contributed by atoms with Gasteiger partial charge >= 0.3 is 0 Å². The van der Waals surface area contributed by atoms with Crippen LogP contribution in [0.15, 0.2) is 24.3 Å². The molecule has 1 aromatic rings. The van der Waals surface area contributed by atoms with E-state index in [0.29, 0.717) is 24.9 Å². The Hall–Kier alpha value is -1.71. The summed E-state index contributed by atoms with van der Waals surface area (Å²) in [6, 6.07) is 5.14. The van der Waals surface area contributed by atoms with Crippen LogP contribution in [0.3, 0.4) is 0 Å². The van der Waals surface area contributed by atoms with Gasteiger partial charge in [-0.1, -0.05) is 13.3 Å². The van der Waals surface area contributed by atoms with Gasteiger partial charge in [-0.2, -0.15) is 0 Å². The maximum Gasteiger partial charge on any atom is 0.223 e. The molecule has 1 atom stereocenters. The summed E-state index contributed by atoms with van der Waals surface area (Å²) in [6.07, 6.45) is 2.83. The molecule has 0 bridgehead atoms. The number of carbonyl (C=O) groups is 2. The molecule has 19 heavy (non-hydrogen) atoms. The van der Waals surface area contributed by atoms with Crippen LogP contribution in [0.5, 0.6) is 0 Å². The standard InChI is InChI=1S/C15H18FNO2/c1-2-4-13(17-10-3-5-14(17)18)15(19)11-6-8-12(16)9-7-11/h6-9,13H,2-5,10H2,1H3. The minimum absolute atomic E-state index is 0.0499. The van der Waals surface area contributed by atoms with Gasteiger partial charge in [-0.15, -0.1) is 0 Å². The van der Waals surface area contributed by atoms with Crippen molar-refractivity contribution >= 4 is 11.7 Å². The average molecular weight is 263 g/mol. The summed E-state index contributed by atoms with van der Waals surface area (Å²) in [4.78, 5) is 25.9. The molecule has 1 saturated heterocycles. The lowest BCUT2D eigenvalue weighted by Crippen LogP contribution is -2.41. The summed E-state index contributed by atoms with van der Waals surface area (Å²) in [7, 11) is 0. The molecule has 1 amide bonds. The number of nitrogens with zero attached hydrogens (tertiary/aromatic N) is 1. The Morgan fingerprint density at radius 1 is 1.37 bits per heavy atom. The Labute approximate surface area is 112 Å². The van der Waals surface area contributed by atoms with Crippen LogP contribution in [0, 0.1) is 5.82 Å². The van der Waals surface area contributed by atoms with Crippen molar-refractivity contribution in [2.75, 3.05) is 6.54 Å². The summed E-state index contributed by atoms with van der Waals surface area (Å²) in [5.41, 5.74) is 0.472. The lowest BCUT2D eigenvalue weighted by molar-refractivity contribution is -0.129. The molecule has 0 saturated carbocycles. The van der Waals surface area contributed by atoms with E-state index in [1.54, 1.807) is 4.90 Å². The van der Waals surface area contributed by atoms with Crippen molar-refractivity contribution in [3.8, 4) is 0 Å². The van der Waals surface area contributed by atoms with Crippen molar-refractivity contribution in [2.45, 2.75) is 38.6 Å². The third-order valence-electron chi connectivity index (χ3n) is 3.48. The van der Waals surface area contributed by atoms with Crippen molar-refractivity contribution in [1.29, 1.82) is 0 Å². The molecule has 0 radical (unpaired) electrons. The van der Waals surface area contributed by atoms with E-state index in [1.165, 1.54) is 24.3 Å². The molecule has 0 aliphatic carbocycles. The molecule has 102 valence electrons. The fourth-order valence-corrected chi connectivity index (χ4v) is 2.51. The van der Waals surface area contributed by atoms with Gasteiger partial charge in [-0.3, -0.25) is 9.59 Å². The SMILES string of the molecule is CCCC(C(=O)c1ccc(F)cc1)N1CCCC1=O. The molecular formula is C15H18FNO2. The Morgan fingerprint density at radius 2 is 2.05 bits per heavy atom. The molecule has 1 heterocycles. The zero-order chi connectivity index (χ0) is 13.8. The predicted molar refractivity (Wildman–Crippen MR) is 70.4 cm³/mol. The fraction of sp³-hybridized carbons (Fsp3) is 0.467. The molecule has 1 unspecified atom stereocenters. The third kappa shape index (κ3) is 3.00. The summed E-state index contributed by atoms with van der Waals surface area (Å²) < 4.78 is 12.9. The lowest BCUT2D eigenvalue weighted by atomic mass is 9.99. The highest BCUT2D eigenvalue weighted by atomic mass is 19.1. The summed E-state index contributed by atoms with van der Waals surface area (Å²) in [5.74, 6) is -0.396. The molecule has 0 spiro atoms. The van der Waals surface area contributed by atoms with Gasteiger partial charge in [-0.25, -0.2) is 4.39 Å². The Balaban J connectivity index is 2.20. The van der Waals surface area contributed by atoms with Gasteiger partial charge in [0.2, 0.25) is 5.91 Å². The number of likely N-dealkylation sites (tertiary alicyclic amines) is 1. The van der Waals surface area contributed by atoms with Crippen molar-refractivity contribution in [1.82, 2.24) is 4.90 Å². The normalized spacial score (nSPS) is 16.7. The largest absolute Gasteiger partial charge is 0.332 e. The third-order valence-corrected chi connectivity index (χ3v) is 3.48. The molecule has 0 aromatic heterocycles. The maximum absolute atomic E-state index is 12.9. The number of hydrogen-bond donors (Lipinski definition) is 0. The molecule has 3 nitrogen and oxygen atoms in total. The van der Waals surface area contributed by atoms with Crippen LogP contribution >= 0.6 is 0 Å². The van der Waals surface area contributed by atoms with Crippen LogP contribution in [0.4, 0.5) is 4.39 Å². The first-order chi connectivity index (χ1) is 9.13. The summed E-state index contributed by atoms with van der Waals surface area (Å²) in [6.45, 7) is 2.64. The topological polar surface area (TPSA) is 37.4 Å².